The Hall–Kier alpha value is -3.88. The summed E-state index contributed by atoms with van der Waals surface area (Å²) < 4.78 is 2.38. The largest absolute Gasteiger partial charge is 0.309 e. The van der Waals surface area contributed by atoms with Gasteiger partial charge in [0.2, 0.25) is 0 Å². The molecule has 0 N–H and O–H groups in total. The first-order chi connectivity index (χ1) is 16.3. The smallest absolute Gasteiger partial charge is 0.0875 e. The van der Waals surface area contributed by atoms with Crippen molar-refractivity contribution < 1.29 is 0 Å². The lowest BCUT2D eigenvalue weighted by molar-refractivity contribution is 1.17. The predicted octanol–water partition coefficient (Wildman–Crippen LogP) is 5.88. The van der Waals surface area contributed by atoms with E-state index in [-0.39, 0.29) is 0 Å². The van der Waals surface area contributed by atoms with Crippen molar-refractivity contribution in [3.8, 4) is 16.8 Å². The molecule has 0 fully saturated rings. The monoisotopic (exact) mass is 439 g/mol. The van der Waals surface area contributed by atoms with E-state index in [1.54, 1.807) is 0 Å². The summed E-state index contributed by atoms with van der Waals surface area (Å²) in [5.41, 5.74) is 7.52. The third kappa shape index (κ3) is 3.69. The van der Waals surface area contributed by atoms with Crippen LogP contribution in [-0.4, -0.2) is 14.1 Å². The Labute approximate surface area is 196 Å². The third-order valence-electron chi connectivity index (χ3n) is 6.50. The molecule has 0 aliphatic carbocycles. The van der Waals surface area contributed by atoms with Crippen molar-refractivity contribution in [3.05, 3.63) is 127 Å². The molecule has 1 nitrogen and oxygen atoms in total. The van der Waals surface area contributed by atoms with Crippen LogP contribution in [0.1, 0.15) is 5.56 Å². The molecule has 0 atom stereocenters. The lowest BCUT2D eigenvalue weighted by Gasteiger charge is -2.09. The number of aromatic nitrogens is 1. The Morgan fingerprint density at radius 1 is 0.515 bits per heavy atom. The maximum Gasteiger partial charge on any atom is 0.0875 e. The molecular weight excluding hydrogens is 414 g/mol. The van der Waals surface area contributed by atoms with E-state index in [0.29, 0.717) is 0 Å². The average Bonchev–Trinajstić information content (AvgIpc) is 3.19. The summed E-state index contributed by atoms with van der Waals surface area (Å²) in [5.74, 6) is 0. The quantitative estimate of drug-likeness (QED) is 0.302. The van der Waals surface area contributed by atoms with Gasteiger partial charge in [0.1, 0.15) is 0 Å². The molecule has 158 valence electrons. The lowest BCUT2D eigenvalue weighted by Crippen LogP contribution is -2.26. The van der Waals surface area contributed by atoms with Crippen molar-refractivity contribution in [3.63, 3.8) is 0 Å². The fourth-order valence-corrected chi connectivity index (χ4v) is 6.22. The second-order valence-electron chi connectivity index (χ2n) is 8.78. The van der Waals surface area contributed by atoms with Gasteiger partial charge in [-0.1, -0.05) is 107 Å². The van der Waals surface area contributed by atoms with Crippen LogP contribution in [0, 0.1) is 6.92 Å². The summed E-state index contributed by atoms with van der Waals surface area (Å²) in [7, 11) is -0.424. The first-order valence-electron chi connectivity index (χ1n) is 11.5. The van der Waals surface area contributed by atoms with Crippen molar-refractivity contribution in [2.45, 2.75) is 6.92 Å². The van der Waals surface area contributed by atoms with E-state index in [0.717, 1.165) is 0 Å². The van der Waals surface area contributed by atoms with Crippen LogP contribution in [0.2, 0.25) is 0 Å². The van der Waals surface area contributed by atoms with Crippen LogP contribution in [0.5, 0.6) is 0 Å². The van der Waals surface area contributed by atoms with E-state index in [2.05, 4.69) is 133 Å². The molecular formula is C31H25NSi. The first-order valence-corrected chi connectivity index (χ1v) is 12.9. The fraction of sp³-hybridized carbons (Fsp3) is 0.0323. The normalized spacial score (nSPS) is 11.7. The van der Waals surface area contributed by atoms with Crippen molar-refractivity contribution >= 4 is 41.7 Å². The van der Waals surface area contributed by atoms with Crippen molar-refractivity contribution in [2.24, 2.45) is 0 Å². The Morgan fingerprint density at radius 3 is 1.94 bits per heavy atom. The van der Waals surface area contributed by atoms with E-state index < -0.39 is 9.52 Å². The van der Waals surface area contributed by atoms with Crippen LogP contribution in [0.3, 0.4) is 0 Å². The second kappa shape index (κ2) is 8.23. The summed E-state index contributed by atoms with van der Waals surface area (Å²) in [6.45, 7) is 2.13. The van der Waals surface area contributed by atoms with Gasteiger partial charge in [0, 0.05) is 16.5 Å². The molecule has 0 spiro atoms. The molecule has 0 radical (unpaired) electrons. The number of hydrogen-bond acceptors (Lipinski definition) is 0. The minimum Gasteiger partial charge on any atom is -0.309 e. The molecule has 0 saturated carbocycles. The van der Waals surface area contributed by atoms with E-state index >= 15 is 0 Å². The van der Waals surface area contributed by atoms with Crippen LogP contribution < -0.4 is 10.4 Å². The molecule has 5 aromatic carbocycles. The Kier molecular flexibility index (Phi) is 4.93. The predicted molar refractivity (Wildman–Crippen MR) is 145 cm³/mol. The van der Waals surface area contributed by atoms with Gasteiger partial charge in [-0.3, -0.25) is 0 Å². The minimum atomic E-state index is -0.424. The van der Waals surface area contributed by atoms with Crippen LogP contribution in [-0.2, 0) is 0 Å². The van der Waals surface area contributed by atoms with E-state index in [4.69, 9.17) is 0 Å². The molecule has 6 aromatic rings. The summed E-state index contributed by atoms with van der Waals surface area (Å²) in [6.07, 6.45) is 0. The Morgan fingerprint density at radius 2 is 1.15 bits per heavy atom. The molecule has 1 heterocycles. The molecule has 0 bridgehead atoms. The van der Waals surface area contributed by atoms with Crippen LogP contribution >= 0.6 is 0 Å². The molecule has 1 aromatic heterocycles. The van der Waals surface area contributed by atoms with Gasteiger partial charge in [-0.2, -0.15) is 0 Å². The SMILES string of the molecule is Cc1ccc(-n2c3ccccc3c3cc(-c4ccc([SiH2]c5ccccc5)cc4)ccc32)cc1. The van der Waals surface area contributed by atoms with Gasteiger partial charge in [-0.15, -0.1) is 0 Å². The number of para-hydroxylation sites is 1. The standard InChI is InChI=1S/C31H25NSi/c1-22-11-16-25(17-12-22)32-30-10-6-5-9-28(30)29-21-24(15-20-31(29)32)23-13-18-27(19-14-23)33-26-7-3-2-4-8-26/h2-21H,33H2,1H3. The summed E-state index contributed by atoms with van der Waals surface area (Å²) in [4.78, 5) is 0. The van der Waals surface area contributed by atoms with Crippen molar-refractivity contribution in [1.29, 1.82) is 0 Å². The zero-order chi connectivity index (χ0) is 22.2. The van der Waals surface area contributed by atoms with E-state index in [1.165, 1.54) is 54.6 Å². The molecule has 6 rings (SSSR count). The molecule has 0 amide bonds. The minimum absolute atomic E-state index is 0.424. The van der Waals surface area contributed by atoms with Gasteiger partial charge >= 0.3 is 0 Å². The van der Waals surface area contributed by atoms with Crippen LogP contribution in [0.25, 0.3) is 38.6 Å². The van der Waals surface area contributed by atoms with Gasteiger partial charge < -0.3 is 4.57 Å². The highest BCUT2D eigenvalue weighted by molar-refractivity contribution is 6.67. The average molecular weight is 440 g/mol. The molecule has 0 aliphatic heterocycles. The summed E-state index contributed by atoms with van der Waals surface area (Å²) in [6, 6.07) is 44.5. The van der Waals surface area contributed by atoms with Crippen LogP contribution in [0.4, 0.5) is 0 Å². The molecule has 33 heavy (non-hydrogen) atoms. The highest BCUT2D eigenvalue weighted by atomic mass is 28.2. The zero-order valence-electron chi connectivity index (χ0n) is 18.7. The molecule has 0 aliphatic rings. The molecule has 2 heteroatoms. The zero-order valence-corrected chi connectivity index (χ0v) is 20.1. The number of benzene rings is 5. The maximum atomic E-state index is 2.38. The van der Waals surface area contributed by atoms with E-state index in [9.17, 15) is 0 Å². The lowest BCUT2D eigenvalue weighted by atomic mass is 10.0. The highest BCUT2D eigenvalue weighted by Crippen LogP contribution is 2.34. The number of aryl methyl sites for hydroxylation is 1. The molecule has 0 unspecified atom stereocenters. The number of hydrogen-bond donors (Lipinski definition) is 0. The number of nitrogens with zero attached hydrogens (tertiary/aromatic N) is 1. The van der Waals surface area contributed by atoms with Crippen LogP contribution in [0.15, 0.2) is 121 Å². The summed E-state index contributed by atoms with van der Waals surface area (Å²) in [5, 5.41) is 5.55. The summed E-state index contributed by atoms with van der Waals surface area (Å²) >= 11 is 0. The van der Waals surface area contributed by atoms with Crippen molar-refractivity contribution in [1.82, 2.24) is 4.57 Å². The van der Waals surface area contributed by atoms with Gasteiger partial charge in [-0.25, -0.2) is 0 Å². The second-order valence-corrected chi connectivity index (χ2v) is 10.8. The molecule has 0 saturated heterocycles. The fourth-order valence-electron chi connectivity index (χ4n) is 4.77. The highest BCUT2D eigenvalue weighted by Gasteiger charge is 2.13. The topological polar surface area (TPSA) is 4.93 Å². The third-order valence-corrected chi connectivity index (χ3v) is 8.26. The Bertz CT molecular complexity index is 1560. The first kappa shape index (κ1) is 19.8. The number of fused-ring (bicyclic) bond motifs is 3. The number of rotatable bonds is 4. The van der Waals surface area contributed by atoms with Crippen molar-refractivity contribution in [2.75, 3.05) is 0 Å². The van der Waals surface area contributed by atoms with Gasteiger partial charge in [0.25, 0.3) is 0 Å². The maximum absolute atomic E-state index is 2.38. The van der Waals surface area contributed by atoms with E-state index in [1.807, 2.05) is 0 Å². The van der Waals surface area contributed by atoms with Gasteiger partial charge in [0.15, 0.2) is 0 Å². The van der Waals surface area contributed by atoms with Gasteiger partial charge in [0.05, 0.1) is 20.6 Å². The Balaban J connectivity index is 1.43. The van der Waals surface area contributed by atoms with Gasteiger partial charge in [-0.05, 0) is 48.4 Å².